The minimum atomic E-state index is -0.142. The predicted octanol–water partition coefficient (Wildman–Crippen LogP) is 3.13. The molecule has 0 aliphatic carbocycles. The van der Waals surface area contributed by atoms with Crippen molar-refractivity contribution in [2.45, 2.75) is 58.2 Å². The van der Waals surface area contributed by atoms with Crippen LogP contribution in [0.4, 0.5) is 0 Å². The Labute approximate surface area is 187 Å². The summed E-state index contributed by atoms with van der Waals surface area (Å²) in [5.41, 5.74) is 2.47. The molecule has 1 aromatic carbocycles. The summed E-state index contributed by atoms with van der Waals surface area (Å²) in [5.74, 6) is 1.20. The van der Waals surface area contributed by atoms with Crippen LogP contribution in [-0.4, -0.2) is 48.2 Å². The zero-order valence-electron chi connectivity index (χ0n) is 17.4. The van der Waals surface area contributed by atoms with Crippen LogP contribution in [0, 0.1) is 11.8 Å². The van der Waals surface area contributed by atoms with Crippen molar-refractivity contribution in [2.24, 2.45) is 11.8 Å². The van der Waals surface area contributed by atoms with E-state index in [2.05, 4.69) is 40.7 Å². The number of hydrogen-bond acceptors (Lipinski definition) is 4. The molecule has 0 radical (unpaired) electrons. The second-order valence-corrected chi connectivity index (χ2v) is 8.34. The summed E-state index contributed by atoms with van der Waals surface area (Å²) in [5, 5.41) is 16.3. The standard InChI is InChI=1S/C22H35N3O2.2ClH/c1-17(18-7-4-10-23-14-18)13-22(27)24-15-19-5-2-3-6-20(19)16-25-11-8-21(26)9-12-25;;/h2-3,5-6,17-18,21,23,26H,4,7-16H2,1H3,(H,24,27);2*1H. The van der Waals surface area contributed by atoms with Crippen molar-refractivity contribution in [2.75, 3.05) is 26.2 Å². The van der Waals surface area contributed by atoms with Gasteiger partial charge in [0.15, 0.2) is 0 Å². The lowest BCUT2D eigenvalue weighted by atomic mass is 9.85. The van der Waals surface area contributed by atoms with Gasteiger partial charge in [0.25, 0.3) is 0 Å². The third-order valence-electron chi connectivity index (χ3n) is 6.19. The van der Waals surface area contributed by atoms with Gasteiger partial charge < -0.3 is 15.7 Å². The average Bonchev–Trinajstić information content (AvgIpc) is 2.69. The zero-order valence-corrected chi connectivity index (χ0v) is 19.1. The first-order valence-electron chi connectivity index (χ1n) is 10.6. The third kappa shape index (κ3) is 8.42. The van der Waals surface area contributed by atoms with Gasteiger partial charge >= 0.3 is 0 Å². The van der Waals surface area contributed by atoms with Crippen molar-refractivity contribution in [3.8, 4) is 0 Å². The molecule has 0 spiro atoms. The SMILES string of the molecule is CC(CC(=O)NCc1ccccc1CN1CCC(O)CC1)C1CCCNC1.Cl.Cl. The molecule has 3 N–H and O–H groups in total. The Morgan fingerprint density at radius 1 is 1.21 bits per heavy atom. The Hall–Kier alpha value is -0.850. The first-order valence-corrected chi connectivity index (χ1v) is 10.6. The summed E-state index contributed by atoms with van der Waals surface area (Å²) in [4.78, 5) is 14.8. The van der Waals surface area contributed by atoms with E-state index in [-0.39, 0.29) is 36.8 Å². The molecular weight excluding hydrogens is 409 g/mol. The van der Waals surface area contributed by atoms with Crippen molar-refractivity contribution in [1.29, 1.82) is 0 Å². The Morgan fingerprint density at radius 3 is 2.55 bits per heavy atom. The molecule has 166 valence electrons. The highest BCUT2D eigenvalue weighted by molar-refractivity contribution is 5.85. The molecule has 2 atom stereocenters. The molecule has 7 heteroatoms. The van der Waals surface area contributed by atoms with Crippen LogP contribution in [0.5, 0.6) is 0 Å². The van der Waals surface area contributed by atoms with Crippen LogP contribution in [0.2, 0.25) is 0 Å². The predicted molar refractivity (Wildman–Crippen MR) is 123 cm³/mol. The number of nitrogens with zero attached hydrogens (tertiary/aromatic N) is 1. The van der Waals surface area contributed by atoms with Crippen LogP contribution in [0.15, 0.2) is 24.3 Å². The van der Waals surface area contributed by atoms with Crippen LogP contribution in [-0.2, 0) is 17.9 Å². The Bertz CT molecular complexity index is 603. The fourth-order valence-corrected chi connectivity index (χ4v) is 4.29. The molecule has 2 heterocycles. The Kier molecular flexibility index (Phi) is 12.1. The Balaban J connectivity index is 0.00000210. The number of halogens is 2. The molecule has 3 rings (SSSR count). The number of aliphatic hydroxyl groups excluding tert-OH is 1. The normalized spacial score (nSPS) is 21.5. The van der Waals surface area contributed by atoms with Gasteiger partial charge in [0.05, 0.1) is 6.10 Å². The average molecular weight is 446 g/mol. The highest BCUT2D eigenvalue weighted by atomic mass is 35.5. The minimum absolute atomic E-state index is 0. The monoisotopic (exact) mass is 445 g/mol. The number of nitrogens with one attached hydrogen (secondary N) is 2. The van der Waals surface area contributed by atoms with E-state index in [1.54, 1.807) is 0 Å². The largest absolute Gasteiger partial charge is 0.393 e. The number of benzene rings is 1. The lowest BCUT2D eigenvalue weighted by Crippen LogP contribution is -2.36. The van der Waals surface area contributed by atoms with Crippen LogP contribution in [0.3, 0.4) is 0 Å². The van der Waals surface area contributed by atoms with Crippen LogP contribution < -0.4 is 10.6 Å². The molecule has 2 aliphatic rings. The van der Waals surface area contributed by atoms with E-state index in [1.165, 1.54) is 24.0 Å². The van der Waals surface area contributed by atoms with E-state index in [0.717, 1.165) is 45.6 Å². The smallest absolute Gasteiger partial charge is 0.220 e. The molecule has 0 bridgehead atoms. The second-order valence-electron chi connectivity index (χ2n) is 8.34. The maximum atomic E-state index is 12.4. The summed E-state index contributed by atoms with van der Waals surface area (Å²) in [6.07, 6.45) is 4.63. The van der Waals surface area contributed by atoms with Crippen LogP contribution in [0.1, 0.15) is 50.2 Å². The molecule has 5 nitrogen and oxygen atoms in total. The van der Waals surface area contributed by atoms with Gasteiger partial charge in [-0.3, -0.25) is 9.69 Å². The number of piperidine rings is 2. The molecular formula is C22H37Cl2N3O2. The second kappa shape index (κ2) is 13.5. The van der Waals surface area contributed by atoms with Gasteiger partial charge in [-0.1, -0.05) is 31.2 Å². The first-order chi connectivity index (χ1) is 13.1. The van der Waals surface area contributed by atoms with Gasteiger partial charge in [-0.2, -0.15) is 0 Å². The van der Waals surface area contributed by atoms with Gasteiger partial charge in [-0.05, 0) is 61.7 Å². The fourth-order valence-electron chi connectivity index (χ4n) is 4.29. The van der Waals surface area contributed by atoms with E-state index in [0.29, 0.717) is 24.8 Å². The third-order valence-corrected chi connectivity index (χ3v) is 6.19. The van der Waals surface area contributed by atoms with Crippen LogP contribution >= 0.6 is 24.8 Å². The zero-order chi connectivity index (χ0) is 19.1. The molecule has 2 saturated heterocycles. The lowest BCUT2D eigenvalue weighted by molar-refractivity contribution is -0.122. The minimum Gasteiger partial charge on any atom is -0.393 e. The van der Waals surface area contributed by atoms with E-state index >= 15 is 0 Å². The quantitative estimate of drug-likeness (QED) is 0.602. The van der Waals surface area contributed by atoms with E-state index in [9.17, 15) is 9.90 Å². The summed E-state index contributed by atoms with van der Waals surface area (Å²) < 4.78 is 0. The molecule has 2 fully saturated rings. The lowest BCUT2D eigenvalue weighted by Gasteiger charge is -2.30. The molecule has 0 saturated carbocycles. The van der Waals surface area contributed by atoms with Gasteiger partial charge in [-0.15, -0.1) is 24.8 Å². The highest BCUT2D eigenvalue weighted by Crippen LogP contribution is 2.22. The number of amides is 1. The highest BCUT2D eigenvalue weighted by Gasteiger charge is 2.22. The van der Waals surface area contributed by atoms with Crippen molar-refractivity contribution < 1.29 is 9.90 Å². The van der Waals surface area contributed by atoms with E-state index in [4.69, 9.17) is 0 Å². The fraction of sp³-hybridized carbons (Fsp3) is 0.682. The van der Waals surface area contributed by atoms with Crippen molar-refractivity contribution >= 4 is 30.7 Å². The summed E-state index contributed by atoms with van der Waals surface area (Å²) in [6.45, 7) is 7.73. The molecule has 2 aliphatic heterocycles. The van der Waals surface area contributed by atoms with E-state index < -0.39 is 0 Å². The summed E-state index contributed by atoms with van der Waals surface area (Å²) in [7, 11) is 0. The van der Waals surface area contributed by atoms with Crippen molar-refractivity contribution in [3.63, 3.8) is 0 Å². The van der Waals surface area contributed by atoms with Gasteiger partial charge in [0.1, 0.15) is 0 Å². The van der Waals surface area contributed by atoms with Gasteiger partial charge in [-0.25, -0.2) is 0 Å². The number of likely N-dealkylation sites (tertiary alicyclic amines) is 1. The molecule has 29 heavy (non-hydrogen) atoms. The van der Waals surface area contributed by atoms with Crippen molar-refractivity contribution in [3.05, 3.63) is 35.4 Å². The molecule has 1 aromatic rings. The topological polar surface area (TPSA) is 64.6 Å². The maximum absolute atomic E-state index is 12.4. The maximum Gasteiger partial charge on any atom is 0.220 e. The van der Waals surface area contributed by atoms with E-state index in [1.807, 2.05) is 6.07 Å². The molecule has 1 amide bonds. The number of carbonyl (C=O) groups excluding carboxylic acids is 1. The number of rotatable bonds is 7. The van der Waals surface area contributed by atoms with Crippen LogP contribution in [0.25, 0.3) is 0 Å². The molecule has 2 unspecified atom stereocenters. The summed E-state index contributed by atoms with van der Waals surface area (Å²) in [6, 6.07) is 8.38. The number of hydrogen-bond donors (Lipinski definition) is 3. The Morgan fingerprint density at radius 2 is 1.90 bits per heavy atom. The number of carbonyl (C=O) groups is 1. The molecule has 0 aromatic heterocycles. The van der Waals surface area contributed by atoms with Crippen molar-refractivity contribution in [1.82, 2.24) is 15.5 Å². The number of aliphatic hydroxyl groups is 1. The first kappa shape index (κ1) is 26.2. The summed E-state index contributed by atoms with van der Waals surface area (Å²) >= 11 is 0. The van der Waals surface area contributed by atoms with Gasteiger partial charge in [0.2, 0.25) is 5.91 Å². The van der Waals surface area contributed by atoms with Gasteiger partial charge in [0, 0.05) is 32.6 Å².